The number of guanidine groups is 1. The first kappa shape index (κ1) is 24.3. The molecule has 9 heteroatoms. The highest BCUT2D eigenvalue weighted by Gasteiger charge is 2.06. The van der Waals surface area contributed by atoms with Gasteiger partial charge in [0.05, 0.1) is 11.3 Å². The Morgan fingerprint density at radius 2 is 1.55 bits per heavy atom. The fraction of sp³-hybridized carbons (Fsp3) is 0.364. The molecule has 0 spiro atoms. The molecule has 0 atom stereocenters. The maximum Gasteiger partial charge on any atom is 0.224 e. The number of rotatable bonds is 10. The highest BCUT2D eigenvalue weighted by Crippen LogP contribution is 2.10. The Balaban J connectivity index is 1.74. The number of aliphatic imine (C=N–C) groups is 1. The Morgan fingerprint density at radius 1 is 0.935 bits per heavy atom. The van der Waals surface area contributed by atoms with Crippen LogP contribution in [0.5, 0.6) is 0 Å². The van der Waals surface area contributed by atoms with Crippen molar-refractivity contribution in [2.45, 2.75) is 24.7 Å². The molecule has 1 amide bonds. The van der Waals surface area contributed by atoms with E-state index >= 15 is 0 Å². The molecule has 0 aliphatic heterocycles. The van der Waals surface area contributed by atoms with Gasteiger partial charge in [0, 0.05) is 32.4 Å². The molecular formula is C22H29FN4O3S. The Hall–Kier alpha value is -2.94. The van der Waals surface area contributed by atoms with Gasteiger partial charge in [0.25, 0.3) is 0 Å². The molecular weight excluding hydrogens is 419 g/mol. The molecule has 0 aliphatic rings. The third-order valence-corrected chi connectivity index (χ3v) is 5.51. The zero-order valence-electron chi connectivity index (χ0n) is 17.8. The molecule has 0 saturated carbocycles. The average molecular weight is 449 g/mol. The van der Waals surface area contributed by atoms with E-state index in [1.165, 1.54) is 18.4 Å². The fourth-order valence-electron chi connectivity index (χ4n) is 2.77. The predicted molar refractivity (Wildman–Crippen MR) is 120 cm³/mol. The van der Waals surface area contributed by atoms with Crippen LogP contribution in [0.25, 0.3) is 0 Å². The van der Waals surface area contributed by atoms with E-state index in [1.807, 2.05) is 6.92 Å². The number of sulfone groups is 1. The van der Waals surface area contributed by atoms with Crippen LogP contribution in [0.4, 0.5) is 4.39 Å². The van der Waals surface area contributed by atoms with Crippen LogP contribution in [-0.4, -0.2) is 52.7 Å². The van der Waals surface area contributed by atoms with Gasteiger partial charge in [-0.25, -0.2) is 12.8 Å². The van der Waals surface area contributed by atoms with Crippen molar-refractivity contribution in [1.82, 2.24) is 16.0 Å². The van der Waals surface area contributed by atoms with Crippen LogP contribution in [0, 0.1) is 5.82 Å². The number of nitrogens with zero attached hydrogens (tertiary/aromatic N) is 1. The summed E-state index contributed by atoms with van der Waals surface area (Å²) >= 11 is 0. The monoisotopic (exact) mass is 448 g/mol. The van der Waals surface area contributed by atoms with Crippen LogP contribution in [0.15, 0.2) is 58.4 Å². The van der Waals surface area contributed by atoms with Gasteiger partial charge in [-0.3, -0.25) is 9.79 Å². The molecule has 2 aromatic rings. The summed E-state index contributed by atoms with van der Waals surface area (Å²) in [6, 6.07) is 12.7. The Bertz CT molecular complexity index is 975. The number of amides is 1. The first-order chi connectivity index (χ1) is 14.8. The van der Waals surface area contributed by atoms with Crippen molar-refractivity contribution >= 4 is 21.7 Å². The van der Waals surface area contributed by atoms with Crippen LogP contribution < -0.4 is 16.0 Å². The van der Waals surface area contributed by atoms with Gasteiger partial charge < -0.3 is 16.0 Å². The van der Waals surface area contributed by atoms with Gasteiger partial charge in [0.15, 0.2) is 15.8 Å². The number of hydrogen-bond donors (Lipinski definition) is 3. The second kappa shape index (κ2) is 12.0. The quantitative estimate of drug-likeness (QED) is 0.292. The van der Waals surface area contributed by atoms with E-state index < -0.39 is 9.84 Å². The number of carbonyl (C=O) groups excluding carboxylic acids is 1. The standard InChI is InChI=1S/C22H29FN4O3S/c1-3-24-22(26-13-12-17-6-10-20(11-7-17)31(2,29)30)27-15-14-25-21(28)16-18-4-8-19(23)9-5-18/h4-11H,3,12-16H2,1-2H3,(H,25,28)(H2,24,26,27). The zero-order chi connectivity index (χ0) is 22.7. The maximum atomic E-state index is 12.9. The normalized spacial score (nSPS) is 11.8. The van der Waals surface area contributed by atoms with Crippen LogP contribution in [-0.2, 0) is 27.5 Å². The molecule has 0 aromatic heterocycles. The summed E-state index contributed by atoms with van der Waals surface area (Å²) in [5.74, 6) is 0.186. The number of halogens is 1. The highest BCUT2D eigenvalue weighted by molar-refractivity contribution is 7.90. The van der Waals surface area contributed by atoms with Gasteiger partial charge in [-0.05, 0) is 48.7 Å². The van der Waals surface area contributed by atoms with Crippen molar-refractivity contribution in [2.75, 3.05) is 32.4 Å². The minimum atomic E-state index is -3.19. The summed E-state index contributed by atoms with van der Waals surface area (Å²) < 4.78 is 35.9. The predicted octanol–water partition coefficient (Wildman–Crippen LogP) is 1.69. The summed E-state index contributed by atoms with van der Waals surface area (Å²) in [5, 5.41) is 9.12. The number of nitrogens with one attached hydrogen (secondary N) is 3. The molecule has 0 radical (unpaired) electrons. The summed E-state index contributed by atoms with van der Waals surface area (Å²) in [4.78, 5) is 16.8. The van der Waals surface area contributed by atoms with E-state index in [2.05, 4.69) is 20.9 Å². The van der Waals surface area contributed by atoms with Gasteiger partial charge in [0.2, 0.25) is 5.91 Å². The van der Waals surface area contributed by atoms with Crippen LogP contribution in [0.1, 0.15) is 18.1 Å². The van der Waals surface area contributed by atoms with Crippen molar-refractivity contribution in [3.05, 3.63) is 65.5 Å². The lowest BCUT2D eigenvalue weighted by molar-refractivity contribution is -0.120. The van der Waals surface area contributed by atoms with Gasteiger partial charge >= 0.3 is 0 Å². The molecule has 0 unspecified atom stereocenters. The summed E-state index contributed by atoms with van der Waals surface area (Å²) in [6.07, 6.45) is 2.06. The SMILES string of the molecule is CCNC(=NCCc1ccc(S(C)(=O)=O)cc1)NCCNC(=O)Cc1ccc(F)cc1. The van der Waals surface area contributed by atoms with Gasteiger partial charge in [-0.1, -0.05) is 24.3 Å². The van der Waals surface area contributed by atoms with Crippen molar-refractivity contribution < 1.29 is 17.6 Å². The third-order valence-electron chi connectivity index (χ3n) is 4.38. The summed E-state index contributed by atoms with van der Waals surface area (Å²) in [7, 11) is -3.19. The van der Waals surface area contributed by atoms with Crippen molar-refractivity contribution in [2.24, 2.45) is 4.99 Å². The first-order valence-corrected chi connectivity index (χ1v) is 12.0. The summed E-state index contributed by atoms with van der Waals surface area (Å²) in [6.45, 7) is 4.13. The molecule has 31 heavy (non-hydrogen) atoms. The van der Waals surface area contributed by atoms with E-state index in [1.54, 1.807) is 36.4 Å². The van der Waals surface area contributed by atoms with Gasteiger partial charge in [-0.15, -0.1) is 0 Å². The molecule has 2 aromatic carbocycles. The second-order valence-corrected chi connectivity index (χ2v) is 9.02. The molecule has 0 saturated heterocycles. The average Bonchev–Trinajstić information content (AvgIpc) is 2.72. The largest absolute Gasteiger partial charge is 0.357 e. The van der Waals surface area contributed by atoms with E-state index in [-0.39, 0.29) is 18.1 Å². The Morgan fingerprint density at radius 3 is 2.16 bits per heavy atom. The third kappa shape index (κ3) is 9.17. The molecule has 7 nitrogen and oxygen atoms in total. The number of benzene rings is 2. The smallest absolute Gasteiger partial charge is 0.224 e. The first-order valence-electron chi connectivity index (χ1n) is 10.1. The topological polar surface area (TPSA) is 99.7 Å². The lowest BCUT2D eigenvalue weighted by atomic mass is 10.1. The van der Waals surface area contributed by atoms with Crippen LogP contribution in [0.3, 0.4) is 0 Å². The zero-order valence-corrected chi connectivity index (χ0v) is 18.6. The Labute approximate surface area is 183 Å². The van der Waals surface area contributed by atoms with Crippen molar-refractivity contribution in [3.8, 4) is 0 Å². The minimum absolute atomic E-state index is 0.132. The highest BCUT2D eigenvalue weighted by atomic mass is 32.2. The molecule has 0 aliphatic carbocycles. The molecule has 3 N–H and O–H groups in total. The molecule has 0 bridgehead atoms. The van der Waals surface area contributed by atoms with Gasteiger partial charge in [0.1, 0.15) is 5.82 Å². The fourth-order valence-corrected chi connectivity index (χ4v) is 3.41. The minimum Gasteiger partial charge on any atom is -0.357 e. The van der Waals surface area contributed by atoms with Gasteiger partial charge in [-0.2, -0.15) is 0 Å². The lowest BCUT2D eigenvalue weighted by Crippen LogP contribution is -2.41. The van der Waals surface area contributed by atoms with Crippen molar-refractivity contribution in [3.63, 3.8) is 0 Å². The van der Waals surface area contributed by atoms with E-state index in [0.717, 1.165) is 11.1 Å². The maximum absolute atomic E-state index is 12.9. The Kier molecular flexibility index (Phi) is 9.45. The number of hydrogen-bond acceptors (Lipinski definition) is 4. The van der Waals surface area contributed by atoms with Crippen LogP contribution in [0.2, 0.25) is 0 Å². The molecule has 2 rings (SSSR count). The van der Waals surface area contributed by atoms with E-state index in [9.17, 15) is 17.6 Å². The van der Waals surface area contributed by atoms with Crippen LogP contribution >= 0.6 is 0 Å². The molecule has 0 heterocycles. The molecule has 168 valence electrons. The lowest BCUT2D eigenvalue weighted by Gasteiger charge is -2.12. The second-order valence-electron chi connectivity index (χ2n) is 7.01. The summed E-state index contributed by atoms with van der Waals surface area (Å²) in [5.41, 5.74) is 1.76. The van der Waals surface area contributed by atoms with E-state index in [4.69, 9.17) is 0 Å². The molecule has 0 fully saturated rings. The van der Waals surface area contributed by atoms with Crippen molar-refractivity contribution in [1.29, 1.82) is 0 Å². The van der Waals surface area contributed by atoms with E-state index in [0.29, 0.717) is 43.5 Å². The number of carbonyl (C=O) groups is 1.